The Bertz CT molecular complexity index is 1060. The van der Waals surface area contributed by atoms with E-state index in [4.69, 9.17) is 4.74 Å². The standard InChI is InChI=1S/C21H15Br2N3O.ClH/c22-17-10-15(26-21-16-8-4-5-9-19(16)24-13-25-21)11-18(23)20(17)27-12-14-6-2-1-3-7-14;/h1-11,13H,12H2,(H,24,25,26);1H. The van der Waals surface area contributed by atoms with Crippen LogP contribution in [0.4, 0.5) is 11.5 Å². The van der Waals surface area contributed by atoms with Gasteiger partial charge in [-0.1, -0.05) is 42.5 Å². The molecule has 0 amide bonds. The number of halogens is 3. The van der Waals surface area contributed by atoms with Crippen LogP contribution in [0.1, 0.15) is 5.56 Å². The fourth-order valence-electron chi connectivity index (χ4n) is 2.74. The van der Waals surface area contributed by atoms with Gasteiger partial charge in [0.2, 0.25) is 0 Å². The fraction of sp³-hybridized carbons (Fsp3) is 0.0476. The van der Waals surface area contributed by atoms with Crippen LogP contribution in [0.15, 0.2) is 82.0 Å². The van der Waals surface area contributed by atoms with Crippen molar-refractivity contribution in [3.8, 4) is 5.75 Å². The lowest BCUT2D eigenvalue weighted by Gasteiger charge is -2.14. The lowest BCUT2D eigenvalue weighted by atomic mass is 10.2. The van der Waals surface area contributed by atoms with Gasteiger partial charge in [0.1, 0.15) is 24.5 Å². The Labute approximate surface area is 186 Å². The summed E-state index contributed by atoms with van der Waals surface area (Å²) in [7, 11) is 0. The second-order valence-corrected chi connectivity index (χ2v) is 7.62. The minimum absolute atomic E-state index is 0. The van der Waals surface area contributed by atoms with E-state index in [0.29, 0.717) is 6.61 Å². The summed E-state index contributed by atoms with van der Waals surface area (Å²) in [5.41, 5.74) is 2.91. The van der Waals surface area contributed by atoms with Gasteiger partial charge in [0.05, 0.1) is 14.5 Å². The SMILES string of the molecule is Brc1cc(Nc2ncnc3ccccc23)cc(Br)c1OCc1ccccc1.Cl. The first-order chi connectivity index (χ1) is 13.2. The third-order valence-corrected chi connectivity index (χ3v) is 5.21. The summed E-state index contributed by atoms with van der Waals surface area (Å²) in [6.45, 7) is 0.501. The quantitative estimate of drug-likeness (QED) is 0.310. The average molecular weight is 522 g/mol. The predicted octanol–water partition coefficient (Wildman–Crippen LogP) is 6.90. The van der Waals surface area contributed by atoms with Crippen LogP contribution in [-0.4, -0.2) is 9.97 Å². The molecule has 28 heavy (non-hydrogen) atoms. The van der Waals surface area contributed by atoms with E-state index in [1.54, 1.807) is 6.33 Å². The molecule has 0 spiro atoms. The molecule has 1 N–H and O–H groups in total. The van der Waals surface area contributed by atoms with E-state index in [1.165, 1.54) is 0 Å². The molecule has 0 fully saturated rings. The van der Waals surface area contributed by atoms with Gasteiger partial charge in [0.25, 0.3) is 0 Å². The van der Waals surface area contributed by atoms with Crippen LogP contribution < -0.4 is 10.1 Å². The van der Waals surface area contributed by atoms with Crippen molar-refractivity contribution in [2.75, 3.05) is 5.32 Å². The predicted molar refractivity (Wildman–Crippen MR) is 123 cm³/mol. The zero-order chi connectivity index (χ0) is 18.6. The van der Waals surface area contributed by atoms with Gasteiger partial charge in [-0.3, -0.25) is 0 Å². The van der Waals surface area contributed by atoms with Gasteiger partial charge in [-0.2, -0.15) is 0 Å². The summed E-state index contributed by atoms with van der Waals surface area (Å²) in [4.78, 5) is 8.67. The van der Waals surface area contributed by atoms with Gasteiger partial charge in [0.15, 0.2) is 0 Å². The zero-order valence-electron chi connectivity index (χ0n) is 14.6. The number of ether oxygens (including phenoxy) is 1. The third-order valence-electron chi connectivity index (χ3n) is 4.03. The highest BCUT2D eigenvalue weighted by molar-refractivity contribution is 9.11. The first kappa shape index (κ1) is 20.6. The number of benzene rings is 3. The number of nitrogens with one attached hydrogen (secondary N) is 1. The molecule has 0 bridgehead atoms. The number of para-hydroxylation sites is 1. The van der Waals surface area contributed by atoms with E-state index >= 15 is 0 Å². The van der Waals surface area contributed by atoms with Gasteiger partial charge in [-0.05, 0) is 61.7 Å². The summed E-state index contributed by atoms with van der Waals surface area (Å²) < 4.78 is 7.69. The highest BCUT2D eigenvalue weighted by atomic mass is 79.9. The van der Waals surface area contributed by atoms with Gasteiger partial charge in [-0.15, -0.1) is 12.4 Å². The smallest absolute Gasteiger partial charge is 0.148 e. The van der Waals surface area contributed by atoms with Crippen molar-refractivity contribution in [1.82, 2.24) is 9.97 Å². The number of hydrogen-bond acceptors (Lipinski definition) is 4. The molecular formula is C21H16Br2ClN3O. The van der Waals surface area contributed by atoms with Crippen molar-refractivity contribution in [2.45, 2.75) is 6.61 Å². The maximum Gasteiger partial charge on any atom is 0.148 e. The van der Waals surface area contributed by atoms with Crippen LogP contribution in [0.25, 0.3) is 10.9 Å². The van der Waals surface area contributed by atoms with Crippen LogP contribution in [0.3, 0.4) is 0 Å². The number of rotatable bonds is 5. The Balaban J connectivity index is 0.00000225. The van der Waals surface area contributed by atoms with Crippen LogP contribution in [0, 0.1) is 0 Å². The fourth-order valence-corrected chi connectivity index (χ4v) is 4.16. The van der Waals surface area contributed by atoms with E-state index in [0.717, 1.165) is 42.7 Å². The molecule has 0 radical (unpaired) electrons. The molecule has 0 aliphatic heterocycles. The first-order valence-electron chi connectivity index (χ1n) is 8.33. The monoisotopic (exact) mass is 519 g/mol. The molecule has 7 heteroatoms. The zero-order valence-corrected chi connectivity index (χ0v) is 18.6. The van der Waals surface area contributed by atoms with Crippen LogP contribution >= 0.6 is 44.3 Å². The Morgan fingerprint density at radius 2 is 1.54 bits per heavy atom. The van der Waals surface area contributed by atoms with Crippen molar-refractivity contribution in [1.29, 1.82) is 0 Å². The molecule has 4 nitrogen and oxygen atoms in total. The van der Waals surface area contributed by atoms with Gasteiger partial charge in [-0.25, -0.2) is 9.97 Å². The minimum Gasteiger partial charge on any atom is -0.487 e. The minimum atomic E-state index is 0. The Hall–Kier alpha value is -2.15. The maximum atomic E-state index is 5.98. The van der Waals surface area contributed by atoms with Gasteiger partial charge < -0.3 is 10.1 Å². The van der Waals surface area contributed by atoms with Crippen LogP contribution in [0.5, 0.6) is 5.75 Å². The van der Waals surface area contributed by atoms with E-state index in [1.807, 2.05) is 66.7 Å². The van der Waals surface area contributed by atoms with Gasteiger partial charge in [0, 0.05) is 11.1 Å². The third kappa shape index (κ3) is 4.63. The lowest BCUT2D eigenvalue weighted by molar-refractivity contribution is 0.302. The number of anilines is 2. The van der Waals surface area contributed by atoms with Crippen LogP contribution in [-0.2, 0) is 6.61 Å². The van der Waals surface area contributed by atoms with E-state index < -0.39 is 0 Å². The van der Waals surface area contributed by atoms with Crippen molar-refractivity contribution in [3.63, 3.8) is 0 Å². The van der Waals surface area contributed by atoms with E-state index in [9.17, 15) is 0 Å². The van der Waals surface area contributed by atoms with Crippen molar-refractivity contribution >= 4 is 66.7 Å². The molecule has 0 aliphatic carbocycles. The molecule has 1 heterocycles. The summed E-state index contributed by atoms with van der Waals surface area (Å²) in [5, 5.41) is 4.33. The molecule has 142 valence electrons. The van der Waals surface area contributed by atoms with Crippen molar-refractivity contribution < 1.29 is 4.74 Å². The number of aromatic nitrogens is 2. The topological polar surface area (TPSA) is 47.0 Å². The second-order valence-electron chi connectivity index (χ2n) is 5.91. The highest BCUT2D eigenvalue weighted by Crippen LogP contribution is 2.38. The summed E-state index contributed by atoms with van der Waals surface area (Å²) in [5.74, 6) is 1.52. The van der Waals surface area contributed by atoms with E-state index in [2.05, 4.69) is 47.1 Å². The summed E-state index contributed by atoms with van der Waals surface area (Å²) in [6, 6.07) is 21.9. The molecule has 0 atom stereocenters. The lowest BCUT2D eigenvalue weighted by Crippen LogP contribution is -1.99. The average Bonchev–Trinajstić information content (AvgIpc) is 2.68. The summed E-state index contributed by atoms with van der Waals surface area (Å²) >= 11 is 7.21. The molecule has 0 unspecified atom stereocenters. The molecular weight excluding hydrogens is 506 g/mol. The number of hydrogen-bond donors (Lipinski definition) is 1. The second kappa shape index (κ2) is 9.37. The molecule has 4 rings (SSSR count). The largest absolute Gasteiger partial charge is 0.487 e. The van der Waals surface area contributed by atoms with E-state index in [-0.39, 0.29) is 12.4 Å². The normalized spacial score (nSPS) is 10.4. The Morgan fingerprint density at radius 3 is 2.29 bits per heavy atom. The molecule has 0 saturated carbocycles. The molecule has 0 aliphatic rings. The Morgan fingerprint density at radius 1 is 0.857 bits per heavy atom. The molecule has 3 aromatic carbocycles. The molecule has 1 aromatic heterocycles. The van der Waals surface area contributed by atoms with Crippen molar-refractivity contribution in [2.24, 2.45) is 0 Å². The number of fused-ring (bicyclic) bond motifs is 1. The van der Waals surface area contributed by atoms with Gasteiger partial charge >= 0.3 is 0 Å². The maximum absolute atomic E-state index is 5.98. The molecule has 0 saturated heterocycles. The first-order valence-corrected chi connectivity index (χ1v) is 9.92. The Kier molecular flexibility index (Phi) is 6.88. The summed E-state index contributed by atoms with van der Waals surface area (Å²) in [6.07, 6.45) is 1.56. The number of nitrogens with zero attached hydrogens (tertiary/aromatic N) is 2. The molecule has 4 aromatic rings. The van der Waals surface area contributed by atoms with Crippen molar-refractivity contribution in [3.05, 3.63) is 87.6 Å². The highest BCUT2D eigenvalue weighted by Gasteiger charge is 2.11. The van der Waals surface area contributed by atoms with Crippen LogP contribution in [0.2, 0.25) is 0 Å².